The van der Waals surface area contributed by atoms with E-state index in [1.165, 1.54) is 18.4 Å². The van der Waals surface area contributed by atoms with Crippen LogP contribution in [0.4, 0.5) is 5.69 Å². The molecule has 0 saturated heterocycles. The molecule has 3 N–H and O–H groups in total. The minimum atomic E-state index is -3.35. The Hall–Kier alpha value is -2.01. The minimum absolute atomic E-state index is 0. The maximum absolute atomic E-state index is 11.6. The predicted octanol–water partition coefficient (Wildman–Crippen LogP) is 4.03. The van der Waals surface area contributed by atoms with E-state index in [2.05, 4.69) is 40.5 Å². The fraction of sp³-hybridized carbons (Fsp3) is 0.435. The molecule has 2 aromatic carbocycles. The smallest absolute Gasteiger partial charge is 0.229 e. The van der Waals surface area contributed by atoms with Gasteiger partial charge in [0.1, 0.15) is 5.75 Å². The highest BCUT2D eigenvalue weighted by Gasteiger charge is 2.22. The Labute approximate surface area is 208 Å². The van der Waals surface area contributed by atoms with E-state index in [9.17, 15) is 8.42 Å². The number of hydrogen-bond acceptors (Lipinski definition) is 4. The summed E-state index contributed by atoms with van der Waals surface area (Å²) in [6.07, 6.45) is 3.65. The second-order valence-electron chi connectivity index (χ2n) is 7.95. The number of sulfonamides is 1. The third-order valence-electron chi connectivity index (χ3n) is 4.90. The van der Waals surface area contributed by atoms with Gasteiger partial charge in [-0.05, 0) is 55.9 Å². The van der Waals surface area contributed by atoms with Crippen molar-refractivity contribution in [1.82, 2.24) is 10.6 Å². The standard InChI is InChI=1S/C23H32N4O3S.HI/c1-4-24-23(25-14-19-7-5-6-8-21(19)27-31(3,28)29)26-15-20-12-9-17(2)13-22(20)30-16-18-10-11-18;/h5-9,12-13,18,27H,4,10-11,14-16H2,1-3H3,(H2,24,25,26);1H. The van der Waals surface area contributed by atoms with Crippen LogP contribution in [-0.4, -0.2) is 33.8 Å². The molecule has 0 bridgehead atoms. The molecule has 0 heterocycles. The van der Waals surface area contributed by atoms with Crippen molar-refractivity contribution in [2.24, 2.45) is 10.9 Å². The van der Waals surface area contributed by atoms with Crippen molar-refractivity contribution in [3.63, 3.8) is 0 Å². The number of halogens is 1. The van der Waals surface area contributed by atoms with Crippen LogP contribution in [0.25, 0.3) is 0 Å². The van der Waals surface area contributed by atoms with Gasteiger partial charge in [-0.2, -0.15) is 0 Å². The van der Waals surface area contributed by atoms with Gasteiger partial charge in [0.15, 0.2) is 5.96 Å². The number of hydrogen-bond donors (Lipinski definition) is 3. The van der Waals surface area contributed by atoms with Crippen LogP contribution in [0, 0.1) is 12.8 Å². The van der Waals surface area contributed by atoms with Crippen LogP contribution in [0.5, 0.6) is 5.75 Å². The summed E-state index contributed by atoms with van der Waals surface area (Å²) in [5.74, 6) is 2.25. The molecule has 0 aromatic heterocycles. The molecule has 0 atom stereocenters. The van der Waals surface area contributed by atoms with Crippen LogP contribution in [0.1, 0.15) is 36.5 Å². The number of anilines is 1. The molecule has 1 aliphatic rings. The molecule has 7 nitrogen and oxygen atoms in total. The third-order valence-corrected chi connectivity index (χ3v) is 5.50. The number of nitrogens with one attached hydrogen (secondary N) is 3. The first-order chi connectivity index (χ1) is 14.8. The van der Waals surface area contributed by atoms with Crippen LogP contribution in [0.3, 0.4) is 0 Å². The Morgan fingerprint density at radius 2 is 1.88 bits per heavy atom. The lowest BCUT2D eigenvalue weighted by Gasteiger charge is -2.15. The van der Waals surface area contributed by atoms with E-state index in [-0.39, 0.29) is 24.0 Å². The van der Waals surface area contributed by atoms with E-state index in [0.29, 0.717) is 37.2 Å². The number of rotatable bonds is 10. The van der Waals surface area contributed by atoms with Gasteiger partial charge in [0.05, 0.1) is 25.1 Å². The van der Waals surface area contributed by atoms with Gasteiger partial charge in [0.2, 0.25) is 10.0 Å². The van der Waals surface area contributed by atoms with Gasteiger partial charge < -0.3 is 15.4 Å². The Balaban J connectivity index is 0.00000363. The molecule has 1 saturated carbocycles. The number of ether oxygens (including phenoxy) is 1. The highest BCUT2D eigenvalue weighted by atomic mass is 127. The molecular formula is C23H33IN4O3S. The molecule has 0 radical (unpaired) electrons. The molecule has 0 aliphatic heterocycles. The second-order valence-corrected chi connectivity index (χ2v) is 9.69. The van der Waals surface area contributed by atoms with E-state index in [1.54, 1.807) is 12.1 Å². The maximum atomic E-state index is 11.6. The van der Waals surface area contributed by atoms with Crippen molar-refractivity contribution in [3.05, 3.63) is 59.2 Å². The molecular weight excluding hydrogens is 539 g/mol. The van der Waals surface area contributed by atoms with Crippen molar-refractivity contribution >= 4 is 45.6 Å². The fourth-order valence-corrected chi connectivity index (χ4v) is 3.68. The summed E-state index contributed by atoms with van der Waals surface area (Å²) in [5, 5.41) is 6.53. The van der Waals surface area contributed by atoms with Crippen molar-refractivity contribution in [2.45, 2.75) is 39.8 Å². The maximum Gasteiger partial charge on any atom is 0.229 e. The van der Waals surface area contributed by atoms with E-state index in [4.69, 9.17) is 9.73 Å². The summed E-state index contributed by atoms with van der Waals surface area (Å²) in [5.41, 5.74) is 3.60. The summed E-state index contributed by atoms with van der Waals surface area (Å²) < 4.78 is 31.9. The monoisotopic (exact) mass is 572 g/mol. The molecule has 3 rings (SSSR count). The molecule has 1 aliphatic carbocycles. The van der Waals surface area contributed by atoms with Gasteiger partial charge in [-0.1, -0.05) is 30.3 Å². The van der Waals surface area contributed by atoms with Crippen LogP contribution < -0.4 is 20.1 Å². The van der Waals surface area contributed by atoms with Gasteiger partial charge in [0, 0.05) is 18.7 Å². The predicted molar refractivity (Wildman–Crippen MR) is 141 cm³/mol. The lowest BCUT2D eigenvalue weighted by Crippen LogP contribution is -2.37. The number of para-hydroxylation sites is 1. The first-order valence-electron chi connectivity index (χ1n) is 10.6. The largest absolute Gasteiger partial charge is 0.493 e. The summed E-state index contributed by atoms with van der Waals surface area (Å²) >= 11 is 0. The second kappa shape index (κ2) is 12.3. The highest BCUT2D eigenvalue weighted by molar-refractivity contribution is 14.0. The molecule has 0 unspecified atom stereocenters. The zero-order valence-corrected chi connectivity index (χ0v) is 22.0. The van der Waals surface area contributed by atoms with Crippen LogP contribution >= 0.6 is 24.0 Å². The molecule has 2 aromatic rings. The number of nitrogens with zero attached hydrogens (tertiary/aromatic N) is 1. The van der Waals surface area contributed by atoms with Gasteiger partial charge in [-0.3, -0.25) is 4.72 Å². The Morgan fingerprint density at radius 3 is 2.56 bits per heavy atom. The first-order valence-corrected chi connectivity index (χ1v) is 12.5. The number of guanidine groups is 1. The lowest BCUT2D eigenvalue weighted by atomic mass is 10.1. The Bertz CT molecular complexity index is 1020. The Morgan fingerprint density at radius 1 is 1.12 bits per heavy atom. The van der Waals surface area contributed by atoms with Crippen molar-refractivity contribution in [2.75, 3.05) is 24.1 Å². The molecule has 32 heavy (non-hydrogen) atoms. The molecule has 9 heteroatoms. The lowest BCUT2D eigenvalue weighted by molar-refractivity contribution is 0.296. The highest BCUT2D eigenvalue weighted by Crippen LogP contribution is 2.31. The fourth-order valence-electron chi connectivity index (χ4n) is 3.08. The third kappa shape index (κ3) is 8.85. The van der Waals surface area contributed by atoms with Crippen molar-refractivity contribution in [3.8, 4) is 5.75 Å². The van der Waals surface area contributed by atoms with Gasteiger partial charge >= 0.3 is 0 Å². The summed E-state index contributed by atoms with van der Waals surface area (Å²) in [7, 11) is -3.35. The topological polar surface area (TPSA) is 91.8 Å². The minimum Gasteiger partial charge on any atom is -0.493 e. The van der Waals surface area contributed by atoms with E-state index < -0.39 is 10.0 Å². The summed E-state index contributed by atoms with van der Waals surface area (Å²) in [6, 6.07) is 13.5. The zero-order valence-electron chi connectivity index (χ0n) is 18.8. The summed E-state index contributed by atoms with van der Waals surface area (Å²) in [6.45, 7) is 6.47. The first kappa shape index (κ1) is 26.2. The zero-order chi connectivity index (χ0) is 22.3. The molecule has 176 valence electrons. The number of benzene rings is 2. The van der Waals surface area contributed by atoms with Gasteiger partial charge in [-0.25, -0.2) is 13.4 Å². The quantitative estimate of drug-likeness (QED) is 0.227. The number of aryl methyl sites for hydroxylation is 1. The molecule has 0 spiro atoms. The van der Waals surface area contributed by atoms with Crippen LogP contribution in [0.15, 0.2) is 47.5 Å². The van der Waals surface area contributed by atoms with E-state index in [0.717, 1.165) is 29.7 Å². The van der Waals surface area contributed by atoms with Crippen LogP contribution in [0.2, 0.25) is 0 Å². The van der Waals surface area contributed by atoms with Crippen LogP contribution in [-0.2, 0) is 23.1 Å². The van der Waals surface area contributed by atoms with Gasteiger partial charge in [0.25, 0.3) is 0 Å². The molecule has 0 amide bonds. The van der Waals surface area contributed by atoms with Crippen molar-refractivity contribution in [1.29, 1.82) is 0 Å². The SMILES string of the molecule is CCNC(=NCc1ccc(C)cc1OCC1CC1)NCc1ccccc1NS(C)(=O)=O.I. The normalized spacial score (nSPS) is 13.8. The number of aliphatic imine (C=N–C) groups is 1. The van der Waals surface area contributed by atoms with Crippen molar-refractivity contribution < 1.29 is 13.2 Å². The molecule has 1 fully saturated rings. The van der Waals surface area contributed by atoms with Gasteiger partial charge in [-0.15, -0.1) is 24.0 Å². The average molecular weight is 573 g/mol. The Kier molecular flexibility index (Phi) is 10.1. The van der Waals surface area contributed by atoms with E-state index in [1.807, 2.05) is 19.1 Å². The average Bonchev–Trinajstić information content (AvgIpc) is 3.54. The summed E-state index contributed by atoms with van der Waals surface area (Å²) in [4.78, 5) is 4.71. The van der Waals surface area contributed by atoms with E-state index >= 15 is 0 Å².